The van der Waals surface area contributed by atoms with E-state index in [1.807, 2.05) is 0 Å². The summed E-state index contributed by atoms with van der Waals surface area (Å²) >= 11 is 3.26. The van der Waals surface area contributed by atoms with Crippen molar-refractivity contribution in [3.8, 4) is 5.75 Å². The van der Waals surface area contributed by atoms with Crippen LogP contribution in [0.25, 0.3) is 0 Å². The van der Waals surface area contributed by atoms with Gasteiger partial charge in [-0.25, -0.2) is 8.78 Å². The number of aliphatic hydroxyl groups is 1. The molecule has 0 saturated carbocycles. The van der Waals surface area contributed by atoms with Crippen LogP contribution in [0.15, 0.2) is 40.9 Å². The van der Waals surface area contributed by atoms with Crippen molar-refractivity contribution in [2.75, 3.05) is 0 Å². The first-order chi connectivity index (χ1) is 9.47. The van der Waals surface area contributed by atoms with Crippen molar-refractivity contribution in [2.24, 2.45) is 0 Å². The fourth-order valence-electron chi connectivity index (χ4n) is 1.79. The molecule has 20 heavy (non-hydrogen) atoms. The van der Waals surface area contributed by atoms with Crippen molar-refractivity contribution in [1.29, 1.82) is 0 Å². The highest BCUT2D eigenvalue weighted by atomic mass is 79.9. The largest absolute Gasteiger partial charge is 0.488 e. The van der Waals surface area contributed by atoms with E-state index in [0.29, 0.717) is 16.9 Å². The normalized spacial score (nSPS) is 12.2. The lowest BCUT2D eigenvalue weighted by molar-refractivity contribution is 0.189. The Morgan fingerprint density at radius 2 is 1.95 bits per heavy atom. The fourth-order valence-corrected chi connectivity index (χ4v) is 2.20. The molecule has 0 saturated heterocycles. The van der Waals surface area contributed by atoms with Crippen LogP contribution < -0.4 is 4.74 Å². The maximum absolute atomic E-state index is 13.6. The monoisotopic (exact) mass is 342 g/mol. The van der Waals surface area contributed by atoms with Gasteiger partial charge < -0.3 is 9.84 Å². The summed E-state index contributed by atoms with van der Waals surface area (Å²) in [5.74, 6) is -0.503. The van der Waals surface area contributed by atoms with Crippen LogP contribution in [0.1, 0.15) is 24.2 Å². The smallest absolute Gasteiger partial charge is 0.129 e. The molecule has 106 valence electrons. The lowest BCUT2D eigenvalue weighted by Crippen LogP contribution is -2.03. The quantitative estimate of drug-likeness (QED) is 0.894. The zero-order valence-corrected chi connectivity index (χ0v) is 12.3. The van der Waals surface area contributed by atoms with Crippen LogP contribution in [0.5, 0.6) is 5.75 Å². The van der Waals surface area contributed by atoms with Gasteiger partial charge in [0.15, 0.2) is 0 Å². The summed E-state index contributed by atoms with van der Waals surface area (Å²) in [7, 11) is 0. The number of halogens is 3. The summed E-state index contributed by atoms with van der Waals surface area (Å²) in [4.78, 5) is 0. The molecule has 0 spiro atoms. The zero-order valence-electron chi connectivity index (χ0n) is 10.7. The number of hydrogen-bond acceptors (Lipinski definition) is 2. The third-order valence-electron chi connectivity index (χ3n) is 2.81. The summed E-state index contributed by atoms with van der Waals surface area (Å²) in [6, 6.07) is 8.41. The highest BCUT2D eigenvalue weighted by molar-refractivity contribution is 9.10. The van der Waals surface area contributed by atoms with Crippen molar-refractivity contribution in [3.05, 3.63) is 63.6 Å². The Labute approximate surface area is 124 Å². The Bertz CT molecular complexity index is 615. The molecule has 1 atom stereocenters. The van der Waals surface area contributed by atoms with Gasteiger partial charge in [-0.05, 0) is 43.3 Å². The second kappa shape index (κ2) is 6.33. The van der Waals surface area contributed by atoms with E-state index in [4.69, 9.17) is 4.74 Å². The molecule has 0 radical (unpaired) electrons. The highest BCUT2D eigenvalue weighted by Crippen LogP contribution is 2.27. The van der Waals surface area contributed by atoms with Gasteiger partial charge >= 0.3 is 0 Å². The first kappa shape index (κ1) is 14.9. The topological polar surface area (TPSA) is 29.5 Å². The zero-order chi connectivity index (χ0) is 14.7. The van der Waals surface area contributed by atoms with Crippen molar-refractivity contribution in [1.82, 2.24) is 0 Å². The van der Waals surface area contributed by atoms with Gasteiger partial charge in [0.2, 0.25) is 0 Å². The molecule has 0 aliphatic carbocycles. The summed E-state index contributed by atoms with van der Waals surface area (Å²) in [6.45, 7) is 1.51. The van der Waals surface area contributed by atoms with Gasteiger partial charge in [-0.1, -0.05) is 15.9 Å². The van der Waals surface area contributed by atoms with Crippen LogP contribution in [-0.4, -0.2) is 5.11 Å². The SMILES string of the molecule is C[C@H](O)c1cc(F)ccc1OCc1cc(Br)ccc1F. The fraction of sp³-hybridized carbons (Fsp3) is 0.200. The Kier molecular flexibility index (Phi) is 4.73. The van der Waals surface area contributed by atoms with Crippen molar-refractivity contribution >= 4 is 15.9 Å². The molecule has 0 amide bonds. The van der Waals surface area contributed by atoms with Gasteiger partial charge in [0, 0.05) is 15.6 Å². The molecular weight excluding hydrogens is 330 g/mol. The number of benzene rings is 2. The molecular formula is C15H13BrF2O2. The minimum atomic E-state index is -0.868. The van der Waals surface area contributed by atoms with Gasteiger partial charge in [-0.15, -0.1) is 0 Å². The van der Waals surface area contributed by atoms with Gasteiger partial charge in [0.05, 0.1) is 6.10 Å². The molecule has 0 fully saturated rings. The predicted molar refractivity (Wildman–Crippen MR) is 75.5 cm³/mol. The van der Waals surface area contributed by atoms with E-state index in [1.54, 1.807) is 12.1 Å². The molecule has 1 N–H and O–H groups in total. The first-order valence-electron chi connectivity index (χ1n) is 6.01. The summed E-state index contributed by atoms with van der Waals surface area (Å²) < 4.78 is 33.0. The Hall–Kier alpha value is -1.46. The first-order valence-corrected chi connectivity index (χ1v) is 6.81. The van der Waals surface area contributed by atoms with Gasteiger partial charge in [0.25, 0.3) is 0 Å². The molecule has 2 aromatic carbocycles. The van der Waals surface area contributed by atoms with E-state index in [0.717, 1.165) is 4.47 Å². The lowest BCUT2D eigenvalue weighted by atomic mass is 10.1. The summed E-state index contributed by atoms with van der Waals surface area (Å²) in [5, 5.41) is 9.60. The third-order valence-corrected chi connectivity index (χ3v) is 3.31. The van der Waals surface area contributed by atoms with Crippen LogP contribution in [0.4, 0.5) is 8.78 Å². The van der Waals surface area contributed by atoms with Crippen molar-refractivity contribution < 1.29 is 18.6 Å². The third kappa shape index (κ3) is 3.55. The van der Waals surface area contributed by atoms with Crippen molar-refractivity contribution in [3.63, 3.8) is 0 Å². The predicted octanol–water partition coefficient (Wildman–Crippen LogP) is 4.36. The average molecular weight is 343 g/mol. The molecule has 2 aromatic rings. The second-order valence-electron chi connectivity index (χ2n) is 4.38. The minimum Gasteiger partial charge on any atom is -0.488 e. The number of ether oxygens (including phenoxy) is 1. The van der Waals surface area contributed by atoms with Gasteiger partial charge in [0.1, 0.15) is 24.0 Å². The molecule has 0 bridgehead atoms. The number of hydrogen-bond donors (Lipinski definition) is 1. The van der Waals surface area contributed by atoms with E-state index in [-0.39, 0.29) is 12.4 Å². The Morgan fingerprint density at radius 1 is 1.20 bits per heavy atom. The van der Waals surface area contributed by atoms with Crippen LogP contribution in [0, 0.1) is 11.6 Å². The van der Waals surface area contributed by atoms with E-state index in [9.17, 15) is 13.9 Å². The maximum Gasteiger partial charge on any atom is 0.129 e. The summed E-state index contributed by atoms with van der Waals surface area (Å²) in [5.41, 5.74) is 0.709. The van der Waals surface area contributed by atoms with Crippen LogP contribution in [0.2, 0.25) is 0 Å². The number of rotatable bonds is 4. The lowest BCUT2D eigenvalue weighted by Gasteiger charge is -2.14. The van der Waals surface area contributed by atoms with Crippen molar-refractivity contribution in [2.45, 2.75) is 19.6 Å². The molecule has 0 aromatic heterocycles. The molecule has 2 rings (SSSR count). The molecule has 0 aliphatic rings. The molecule has 5 heteroatoms. The van der Waals surface area contributed by atoms with Gasteiger partial charge in [-0.3, -0.25) is 0 Å². The minimum absolute atomic E-state index is 0.00335. The van der Waals surface area contributed by atoms with E-state index in [1.165, 1.54) is 31.2 Å². The molecule has 0 heterocycles. The highest BCUT2D eigenvalue weighted by Gasteiger charge is 2.12. The number of aliphatic hydroxyl groups excluding tert-OH is 1. The Balaban J connectivity index is 2.20. The molecule has 0 aliphatic heterocycles. The maximum atomic E-state index is 13.6. The molecule has 0 unspecified atom stereocenters. The van der Waals surface area contributed by atoms with Crippen LogP contribution >= 0.6 is 15.9 Å². The van der Waals surface area contributed by atoms with E-state index >= 15 is 0 Å². The van der Waals surface area contributed by atoms with Gasteiger partial charge in [-0.2, -0.15) is 0 Å². The molecule has 2 nitrogen and oxygen atoms in total. The average Bonchev–Trinajstić information content (AvgIpc) is 2.40. The summed E-state index contributed by atoms with van der Waals surface area (Å²) in [6.07, 6.45) is -0.868. The van der Waals surface area contributed by atoms with E-state index < -0.39 is 11.9 Å². The van der Waals surface area contributed by atoms with Crippen LogP contribution in [-0.2, 0) is 6.61 Å². The second-order valence-corrected chi connectivity index (χ2v) is 5.30. The van der Waals surface area contributed by atoms with E-state index in [2.05, 4.69) is 15.9 Å². The standard InChI is InChI=1S/C15H13BrF2O2/c1-9(19)13-7-12(17)3-5-15(13)20-8-10-6-11(16)2-4-14(10)18/h2-7,9,19H,8H2,1H3/t9-/m0/s1. The van der Waals surface area contributed by atoms with Crippen LogP contribution in [0.3, 0.4) is 0 Å². The Morgan fingerprint density at radius 3 is 2.65 bits per heavy atom.